The zero-order valence-corrected chi connectivity index (χ0v) is 28.2. The molecule has 0 unspecified atom stereocenters. The lowest BCUT2D eigenvalue weighted by Gasteiger charge is -2.30. The van der Waals surface area contributed by atoms with Gasteiger partial charge in [0.2, 0.25) is 35.4 Å². The molecule has 2 aliphatic heterocycles. The molecule has 0 radical (unpaired) electrons. The van der Waals surface area contributed by atoms with Gasteiger partial charge in [0.25, 0.3) is 0 Å². The number of rotatable bonds is 7. The topological polar surface area (TPSA) is 186 Å². The van der Waals surface area contributed by atoms with Crippen molar-refractivity contribution in [1.29, 1.82) is 0 Å². The molecular formula is C36H48N6O7. The fourth-order valence-electron chi connectivity index (χ4n) is 6.20. The Morgan fingerprint density at radius 3 is 2.12 bits per heavy atom. The van der Waals surface area contributed by atoms with Crippen molar-refractivity contribution in [3.05, 3.63) is 71.8 Å². The Labute approximate surface area is 287 Å². The molecular weight excluding hydrogens is 628 g/mol. The van der Waals surface area contributed by atoms with Crippen molar-refractivity contribution < 1.29 is 33.9 Å². The number of hydrogen-bond acceptors (Lipinski definition) is 7. The van der Waals surface area contributed by atoms with Crippen LogP contribution in [0.15, 0.2) is 60.7 Å². The second kappa shape index (κ2) is 18.1. The standard InChI is InChI=1S/C36H48N6O7/c1-3-26-32(45)41-31(23(2)43)35(48)40-28(21-24-13-6-4-7-14-24)36(49)42-20-12-18-29(42)34(47)37-19-11-10-17-27(33(46)39-26)38-30(44)22-25-15-8-5-9-16-25/h4-9,13-16,23,26-29,31,43H,3,10-12,17-22H2,1-2H3,(H,37,47)(H,38,44)(H,39,46)(H,40,48)(H,41,45)/t23-,26+,27+,28-,29+,31+/m1/s1. The van der Waals surface area contributed by atoms with E-state index in [0.29, 0.717) is 38.8 Å². The summed E-state index contributed by atoms with van der Waals surface area (Å²) in [5, 5.41) is 24.3. The van der Waals surface area contributed by atoms with Crippen LogP contribution < -0.4 is 26.6 Å². The summed E-state index contributed by atoms with van der Waals surface area (Å²) in [6, 6.07) is 12.9. The van der Waals surface area contributed by atoms with E-state index < -0.39 is 59.9 Å². The van der Waals surface area contributed by atoms with Gasteiger partial charge in [-0.1, -0.05) is 67.6 Å². The van der Waals surface area contributed by atoms with Crippen LogP contribution in [-0.2, 0) is 41.6 Å². The number of aliphatic hydroxyl groups is 1. The summed E-state index contributed by atoms with van der Waals surface area (Å²) < 4.78 is 0. The molecule has 6 atom stereocenters. The molecule has 0 aromatic heterocycles. The normalized spacial score (nSPS) is 25.3. The highest BCUT2D eigenvalue weighted by Crippen LogP contribution is 2.20. The molecule has 0 saturated carbocycles. The minimum atomic E-state index is -1.45. The molecule has 0 aliphatic carbocycles. The average molecular weight is 677 g/mol. The maximum atomic E-state index is 14.0. The second-order valence-electron chi connectivity index (χ2n) is 12.7. The van der Waals surface area contributed by atoms with Crippen LogP contribution in [-0.4, -0.2) is 94.9 Å². The van der Waals surface area contributed by atoms with Crippen LogP contribution in [0.5, 0.6) is 0 Å². The van der Waals surface area contributed by atoms with Crippen LogP contribution in [0.2, 0.25) is 0 Å². The number of nitrogens with zero attached hydrogens (tertiary/aromatic N) is 1. The van der Waals surface area contributed by atoms with Crippen LogP contribution in [0.25, 0.3) is 0 Å². The Morgan fingerprint density at radius 2 is 1.47 bits per heavy atom. The summed E-state index contributed by atoms with van der Waals surface area (Å²) in [5.74, 6) is -3.17. The first-order chi connectivity index (χ1) is 23.6. The summed E-state index contributed by atoms with van der Waals surface area (Å²) in [6.07, 6.45) is 1.29. The highest BCUT2D eigenvalue weighted by atomic mass is 16.3. The van der Waals surface area contributed by atoms with E-state index in [2.05, 4.69) is 26.6 Å². The number of aliphatic hydroxyl groups excluding tert-OH is 1. The van der Waals surface area contributed by atoms with E-state index in [0.717, 1.165) is 11.1 Å². The molecule has 2 heterocycles. The third kappa shape index (κ3) is 10.6. The van der Waals surface area contributed by atoms with Gasteiger partial charge in [-0.25, -0.2) is 0 Å². The zero-order valence-electron chi connectivity index (χ0n) is 28.2. The number of fused-ring (bicyclic) bond motifs is 1. The molecule has 6 N–H and O–H groups in total. The van der Waals surface area contributed by atoms with Gasteiger partial charge in [0.05, 0.1) is 12.5 Å². The predicted molar refractivity (Wildman–Crippen MR) is 182 cm³/mol. The molecule has 2 saturated heterocycles. The van der Waals surface area contributed by atoms with Crippen molar-refractivity contribution in [2.75, 3.05) is 13.1 Å². The molecule has 6 amide bonds. The van der Waals surface area contributed by atoms with Gasteiger partial charge in [-0.3, -0.25) is 28.8 Å². The summed E-state index contributed by atoms with van der Waals surface area (Å²) in [5.41, 5.74) is 1.55. The lowest BCUT2D eigenvalue weighted by molar-refractivity contribution is -0.142. The Morgan fingerprint density at radius 1 is 0.816 bits per heavy atom. The quantitative estimate of drug-likeness (QED) is 0.246. The minimum Gasteiger partial charge on any atom is -0.391 e. The van der Waals surface area contributed by atoms with Crippen molar-refractivity contribution in [2.45, 2.75) is 102 Å². The second-order valence-corrected chi connectivity index (χ2v) is 12.7. The van der Waals surface area contributed by atoms with E-state index in [4.69, 9.17) is 0 Å². The highest BCUT2D eigenvalue weighted by molar-refractivity contribution is 5.97. The molecule has 4 rings (SSSR count). The Hall–Kier alpha value is -4.78. The lowest BCUT2D eigenvalue weighted by Crippen LogP contribution is -2.61. The number of nitrogens with one attached hydrogen (secondary N) is 5. The largest absolute Gasteiger partial charge is 0.391 e. The first kappa shape index (κ1) is 37.0. The van der Waals surface area contributed by atoms with Crippen molar-refractivity contribution >= 4 is 35.4 Å². The summed E-state index contributed by atoms with van der Waals surface area (Å²) in [4.78, 5) is 82.3. The van der Waals surface area contributed by atoms with E-state index in [9.17, 15) is 33.9 Å². The van der Waals surface area contributed by atoms with Crippen molar-refractivity contribution in [1.82, 2.24) is 31.5 Å². The van der Waals surface area contributed by atoms with Gasteiger partial charge >= 0.3 is 0 Å². The van der Waals surface area contributed by atoms with E-state index in [1.54, 1.807) is 6.92 Å². The highest BCUT2D eigenvalue weighted by Gasteiger charge is 2.39. The van der Waals surface area contributed by atoms with Crippen LogP contribution >= 0.6 is 0 Å². The fourth-order valence-corrected chi connectivity index (χ4v) is 6.20. The van der Waals surface area contributed by atoms with E-state index >= 15 is 0 Å². The van der Waals surface area contributed by atoms with Gasteiger partial charge in [-0.15, -0.1) is 0 Å². The molecule has 264 valence electrons. The summed E-state index contributed by atoms with van der Waals surface area (Å²) in [6.45, 7) is 3.66. The number of carbonyl (C=O) groups is 6. The molecule has 2 aromatic carbocycles. The molecule has 13 heteroatoms. The third-order valence-electron chi connectivity index (χ3n) is 8.92. The maximum absolute atomic E-state index is 14.0. The fraction of sp³-hybridized carbons (Fsp3) is 0.500. The van der Waals surface area contributed by atoms with Crippen LogP contribution in [0.3, 0.4) is 0 Å². The monoisotopic (exact) mass is 676 g/mol. The number of amides is 6. The first-order valence-electron chi connectivity index (χ1n) is 17.1. The molecule has 13 nitrogen and oxygen atoms in total. The van der Waals surface area contributed by atoms with Crippen molar-refractivity contribution in [2.24, 2.45) is 0 Å². The van der Waals surface area contributed by atoms with Gasteiger partial charge in [0.1, 0.15) is 30.2 Å². The van der Waals surface area contributed by atoms with Crippen LogP contribution in [0, 0.1) is 0 Å². The maximum Gasteiger partial charge on any atom is 0.246 e. The number of benzene rings is 2. The van der Waals surface area contributed by atoms with Crippen molar-refractivity contribution in [3.8, 4) is 0 Å². The zero-order chi connectivity index (χ0) is 35.3. The van der Waals surface area contributed by atoms with Gasteiger partial charge in [-0.2, -0.15) is 0 Å². The molecule has 49 heavy (non-hydrogen) atoms. The van der Waals surface area contributed by atoms with Crippen LogP contribution in [0.1, 0.15) is 63.5 Å². The Balaban J connectivity index is 1.58. The molecule has 2 aromatic rings. The summed E-state index contributed by atoms with van der Waals surface area (Å²) >= 11 is 0. The molecule has 2 fully saturated rings. The molecule has 0 bridgehead atoms. The number of carbonyl (C=O) groups excluding carboxylic acids is 6. The van der Waals surface area contributed by atoms with E-state index in [-0.39, 0.29) is 37.5 Å². The Bertz CT molecular complexity index is 1450. The lowest BCUT2D eigenvalue weighted by atomic mass is 10.0. The van der Waals surface area contributed by atoms with Crippen molar-refractivity contribution in [3.63, 3.8) is 0 Å². The van der Waals surface area contributed by atoms with Gasteiger partial charge in [-0.05, 0) is 56.6 Å². The smallest absolute Gasteiger partial charge is 0.246 e. The SMILES string of the molecule is CC[C@@H]1NC(=O)[C@@H](NC(=O)Cc2ccccc2)CCCCNC(=O)[C@@H]2CCCN2C(=O)[C@@H](Cc2ccccc2)NC(=O)[C@H]([C@@H](C)O)NC1=O. The van der Waals surface area contributed by atoms with E-state index in [1.165, 1.54) is 11.8 Å². The van der Waals surface area contributed by atoms with Gasteiger partial charge in [0.15, 0.2) is 0 Å². The minimum absolute atomic E-state index is 0.0609. The van der Waals surface area contributed by atoms with Crippen LogP contribution in [0.4, 0.5) is 0 Å². The van der Waals surface area contributed by atoms with Gasteiger partial charge < -0.3 is 36.6 Å². The van der Waals surface area contributed by atoms with E-state index in [1.807, 2.05) is 60.7 Å². The first-order valence-corrected chi connectivity index (χ1v) is 17.1. The average Bonchev–Trinajstić information content (AvgIpc) is 3.58. The number of hydrogen-bond donors (Lipinski definition) is 6. The van der Waals surface area contributed by atoms with Gasteiger partial charge in [0, 0.05) is 19.5 Å². The third-order valence-corrected chi connectivity index (χ3v) is 8.92. The Kier molecular flexibility index (Phi) is 13.7. The molecule has 2 aliphatic rings. The molecule has 0 spiro atoms. The predicted octanol–water partition coefficient (Wildman–Crippen LogP) is 0.493. The summed E-state index contributed by atoms with van der Waals surface area (Å²) in [7, 11) is 0.